The quantitative estimate of drug-likeness (QED) is 0.559. The third-order valence-electron chi connectivity index (χ3n) is 1.76. The lowest BCUT2D eigenvalue weighted by Gasteiger charge is -2.25. The Morgan fingerprint density at radius 3 is 2.85 bits per heavy atom. The molecule has 4 amide bonds. The van der Waals surface area contributed by atoms with Gasteiger partial charge in [0.15, 0.2) is 0 Å². The second-order valence-electron chi connectivity index (χ2n) is 2.70. The molecule has 0 unspecified atom stereocenters. The predicted molar refractivity (Wildman–Crippen MR) is 43.8 cm³/mol. The van der Waals surface area contributed by atoms with Crippen LogP contribution in [0.5, 0.6) is 0 Å². The molecule has 6 heteroatoms. The number of hydrogen-bond acceptors (Lipinski definition) is 3. The maximum Gasteiger partial charge on any atom is 0.324 e. The summed E-state index contributed by atoms with van der Waals surface area (Å²) in [7, 11) is 1.50. The molecule has 0 aliphatic carbocycles. The van der Waals surface area contributed by atoms with Gasteiger partial charge in [0.05, 0.1) is 0 Å². The molecule has 1 rings (SSSR count). The number of hydrogen-bond donors (Lipinski definition) is 2. The number of carbonyl (C=O) groups excluding carboxylic acids is 3. The fourth-order valence-corrected chi connectivity index (χ4v) is 1.00. The first-order chi connectivity index (χ1) is 6.13. The summed E-state index contributed by atoms with van der Waals surface area (Å²) in [6.07, 6.45) is 0.253. The lowest BCUT2D eigenvalue weighted by Crippen LogP contribution is -2.52. The largest absolute Gasteiger partial charge is 0.358 e. The summed E-state index contributed by atoms with van der Waals surface area (Å²) >= 11 is 0. The summed E-state index contributed by atoms with van der Waals surface area (Å²) in [5.41, 5.74) is 0. The van der Waals surface area contributed by atoms with Crippen LogP contribution in [-0.2, 0) is 9.59 Å². The number of amides is 4. The van der Waals surface area contributed by atoms with Gasteiger partial charge in [-0.1, -0.05) is 0 Å². The molecule has 0 spiro atoms. The standard InChI is InChI=1S/C7H11N3O3/c1-8-6(12)4-10-3-2-5(11)9-7(10)13/h2-4H2,1H3,(H,8,12)(H,9,11,13). The highest BCUT2D eigenvalue weighted by Gasteiger charge is 2.23. The van der Waals surface area contributed by atoms with Crippen LogP contribution in [-0.4, -0.2) is 42.9 Å². The van der Waals surface area contributed by atoms with Crippen LogP contribution >= 0.6 is 0 Å². The van der Waals surface area contributed by atoms with Crippen molar-refractivity contribution in [2.45, 2.75) is 6.42 Å². The first-order valence-electron chi connectivity index (χ1n) is 3.93. The minimum Gasteiger partial charge on any atom is -0.358 e. The van der Waals surface area contributed by atoms with Crippen LogP contribution in [0.1, 0.15) is 6.42 Å². The molecular weight excluding hydrogens is 174 g/mol. The minimum atomic E-state index is -0.500. The van der Waals surface area contributed by atoms with Gasteiger partial charge in [-0.2, -0.15) is 0 Å². The van der Waals surface area contributed by atoms with Gasteiger partial charge in [0, 0.05) is 20.0 Å². The summed E-state index contributed by atoms with van der Waals surface area (Å²) < 4.78 is 0. The zero-order chi connectivity index (χ0) is 9.84. The first-order valence-corrected chi connectivity index (χ1v) is 3.93. The van der Waals surface area contributed by atoms with Crippen LogP contribution < -0.4 is 10.6 Å². The van der Waals surface area contributed by atoms with E-state index >= 15 is 0 Å². The average molecular weight is 185 g/mol. The van der Waals surface area contributed by atoms with Gasteiger partial charge in [-0.3, -0.25) is 14.9 Å². The molecule has 1 saturated heterocycles. The van der Waals surface area contributed by atoms with E-state index < -0.39 is 6.03 Å². The third kappa shape index (κ3) is 2.43. The van der Waals surface area contributed by atoms with Crippen LogP contribution in [0.15, 0.2) is 0 Å². The van der Waals surface area contributed by atoms with E-state index in [-0.39, 0.29) is 24.8 Å². The topological polar surface area (TPSA) is 78.5 Å². The van der Waals surface area contributed by atoms with Crippen molar-refractivity contribution in [2.24, 2.45) is 0 Å². The molecule has 0 radical (unpaired) electrons. The maximum atomic E-state index is 11.1. The van der Waals surface area contributed by atoms with E-state index in [9.17, 15) is 14.4 Å². The summed E-state index contributed by atoms with van der Waals surface area (Å²) in [5, 5.41) is 4.53. The first kappa shape index (κ1) is 9.50. The van der Waals surface area contributed by atoms with E-state index in [1.165, 1.54) is 11.9 Å². The normalized spacial score (nSPS) is 16.8. The summed E-state index contributed by atoms with van der Waals surface area (Å²) in [6.45, 7) is 0.299. The molecule has 0 aromatic rings. The molecule has 0 atom stereocenters. The van der Waals surface area contributed by atoms with E-state index in [1.54, 1.807) is 0 Å². The van der Waals surface area contributed by atoms with Crippen LogP contribution in [0, 0.1) is 0 Å². The highest BCUT2D eigenvalue weighted by molar-refractivity contribution is 5.98. The summed E-state index contributed by atoms with van der Waals surface area (Å²) in [5.74, 6) is -0.539. The molecule has 2 N–H and O–H groups in total. The van der Waals surface area contributed by atoms with Crippen LogP contribution in [0.4, 0.5) is 4.79 Å². The van der Waals surface area contributed by atoms with E-state index in [0.29, 0.717) is 6.54 Å². The zero-order valence-electron chi connectivity index (χ0n) is 7.29. The molecule has 1 heterocycles. The number of rotatable bonds is 2. The summed E-state index contributed by atoms with van der Waals surface area (Å²) in [6, 6.07) is -0.500. The molecule has 0 saturated carbocycles. The SMILES string of the molecule is CNC(=O)CN1CCC(=O)NC1=O. The van der Waals surface area contributed by atoms with Gasteiger partial charge >= 0.3 is 6.03 Å². The van der Waals surface area contributed by atoms with Gasteiger partial charge in [0.2, 0.25) is 11.8 Å². The number of carbonyl (C=O) groups is 3. The van der Waals surface area contributed by atoms with E-state index in [0.717, 1.165) is 0 Å². The molecule has 0 aromatic heterocycles. The average Bonchev–Trinajstić information content (AvgIpc) is 2.09. The van der Waals surface area contributed by atoms with E-state index in [2.05, 4.69) is 10.6 Å². The molecule has 1 aliphatic rings. The number of nitrogens with zero attached hydrogens (tertiary/aromatic N) is 1. The maximum absolute atomic E-state index is 11.1. The van der Waals surface area contributed by atoms with Crippen molar-refractivity contribution in [3.8, 4) is 0 Å². The number of likely N-dealkylation sites (N-methyl/N-ethyl adjacent to an activating group) is 1. The Balaban J connectivity index is 2.47. The molecule has 72 valence electrons. The Kier molecular flexibility index (Phi) is 2.84. The highest BCUT2D eigenvalue weighted by atomic mass is 16.2. The lowest BCUT2D eigenvalue weighted by molar-refractivity contribution is -0.124. The van der Waals surface area contributed by atoms with Gasteiger partial charge in [0.1, 0.15) is 6.54 Å². The number of urea groups is 1. The van der Waals surface area contributed by atoms with E-state index in [1.807, 2.05) is 0 Å². The summed E-state index contributed by atoms with van der Waals surface area (Å²) in [4.78, 5) is 34.0. The van der Waals surface area contributed by atoms with Crippen LogP contribution in [0.2, 0.25) is 0 Å². The third-order valence-corrected chi connectivity index (χ3v) is 1.76. The van der Waals surface area contributed by atoms with Crippen LogP contribution in [0.25, 0.3) is 0 Å². The fourth-order valence-electron chi connectivity index (χ4n) is 1.00. The second kappa shape index (κ2) is 3.88. The van der Waals surface area contributed by atoms with Crippen molar-refractivity contribution in [3.63, 3.8) is 0 Å². The Labute approximate surface area is 75.3 Å². The molecular formula is C7H11N3O3. The lowest BCUT2D eigenvalue weighted by atomic mass is 10.3. The minimum absolute atomic E-state index is 0.00435. The van der Waals surface area contributed by atoms with E-state index in [4.69, 9.17) is 0 Å². The van der Waals surface area contributed by atoms with Crippen molar-refractivity contribution in [1.29, 1.82) is 0 Å². The van der Waals surface area contributed by atoms with Gasteiger partial charge in [-0.05, 0) is 0 Å². The van der Waals surface area contributed by atoms with Gasteiger partial charge in [0.25, 0.3) is 0 Å². The van der Waals surface area contributed by atoms with Crippen molar-refractivity contribution < 1.29 is 14.4 Å². The Bertz CT molecular complexity index is 251. The number of imide groups is 1. The molecule has 1 fully saturated rings. The van der Waals surface area contributed by atoms with Gasteiger partial charge in [-0.25, -0.2) is 4.79 Å². The van der Waals surface area contributed by atoms with Gasteiger partial charge < -0.3 is 10.2 Å². The van der Waals surface area contributed by atoms with Crippen molar-refractivity contribution in [1.82, 2.24) is 15.5 Å². The second-order valence-corrected chi connectivity index (χ2v) is 2.70. The van der Waals surface area contributed by atoms with Crippen molar-refractivity contribution >= 4 is 17.8 Å². The molecule has 0 bridgehead atoms. The predicted octanol–water partition coefficient (Wildman–Crippen LogP) is -1.33. The fraction of sp³-hybridized carbons (Fsp3) is 0.571. The Morgan fingerprint density at radius 1 is 1.62 bits per heavy atom. The van der Waals surface area contributed by atoms with Crippen molar-refractivity contribution in [2.75, 3.05) is 20.1 Å². The molecule has 1 aliphatic heterocycles. The molecule has 6 nitrogen and oxygen atoms in total. The molecule has 0 aromatic carbocycles. The Hall–Kier alpha value is -1.59. The monoisotopic (exact) mass is 185 g/mol. The molecule has 13 heavy (non-hydrogen) atoms. The van der Waals surface area contributed by atoms with Gasteiger partial charge in [-0.15, -0.1) is 0 Å². The smallest absolute Gasteiger partial charge is 0.324 e. The number of nitrogens with one attached hydrogen (secondary N) is 2. The van der Waals surface area contributed by atoms with Crippen LogP contribution in [0.3, 0.4) is 0 Å². The highest BCUT2D eigenvalue weighted by Crippen LogP contribution is 1.98. The Morgan fingerprint density at radius 2 is 2.31 bits per heavy atom. The van der Waals surface area contributed by atoms with Crippen molar-refractivity contribution in [3.05, 3.63) is 0 Å². The zero-order valence-corrected chi connectivity index (χ0v) is 7.29.